The van der Waals surface area contributed by atoms with Crippen LogP contribution in [-0.2, 0) is 11.2 Å². The zero-order chi connectivity index (χ0) is 10.7. The fourth-order valence-electron chi connectivity index (χ4n) is 1.87. The Labute approximate surface area is 89.9 Å². The molecule has 2 rings (SSSR count). The van der Waals surface area contributed by atoms with Gasteiger partial charge in [0.1, 0.15) is 0 Å². The molecule has 0 saturated carbocycles. The van der Waals surface area contributed by atoms with Gasteiger partial charge in [-0.15, -0.1) is 0 Å². The first-order chi connectivity index (χ1) is 7.29. The van der Waals surface area contributed by atoms with Gasteiger partial charge in [0.2, 0.25) is 5.91 Å². The van der Waals surface area contributed by atoms with E-state index >= 15 is 0 Å². The highest BCUT2D eigenvalue weighted by Crippen LogP contribution is 2.20. The molecule has 15 heavy (non-hydrogen) atoms. The van der Waals surface area contributed by atoms with E-state index in [0.717, 1.165) is 13.0 Å². The van der Waals surface area contributed by atoms with Gasteiger partial charge in [-0.1, -0.05) is 25.1 Å². The number of carbonyl (C=O) groups is 1. The molecule has 0 saturated heterocycles. The van der Waals surface area contributed by atoms with E-state index in [0.29, 0.717) is 6.42 Å². The van der Waals surface area contributed by atoms with Crippen molar-refractivity contribution in [3.63, 3.8) is 0 Å². The summed E-state index contributed by atoms with van der Waals surface area (Å²) in [5, 5.41) is 6.34. The zero-order valence-electron chi connectivity index (χ0n) is 8.92. The van der Waals surface area contributed by atoms with E-state index in [4.69, 9.17) is 0 Å². The SMILES string of the molecule is CCC(=O)N[C@@H]1CNc2ccccc2C1. The van der Waals surface area contributed by atoms with Crippen LogP contribution in [0.1, 0.15) is 18.9 Å². The van der Waals surface area contributed by atoms with Crippen LogP contribution < -0.4 is 10.6 Å². The zero-order valence-corrected chi connectivity index (χ0v) is 8.92. The van der Waals surface area contributed by atoms with Crippen molar-refractivity contribution in [2.45, 2.75) is 25.8 Å². The van der Waals surface area contributed by atoms with Crippen molar-refractivity contribution in [2.75, 3.05) is 11.9 Å². The quantitative estimate of drug-likeness (QED) is 0.767. The Morgan fingerprint density at radius 1 is 1.53 bits per heavy atom. The van der Waals surface area contributed by atoms with Crippen LogP contribution >= 0.6 is 0 Å². The molecule has 0 bridgehead atoms. The largest absolute Gasteiger partial charge is 0.383 e. The Morgan fingerprint density at radius 2 is 2.33 bits per heavy atom. The normalized spacial score (nSPS) is 18.9. The molecular weight excluding hydrogens is 188 g/mol. The highest BCUT2D eigenvalue weighted by atomic mass is 16.1. The van der Waals surface area contributed by atoms with E-state index in [9.17, 15) is 4.79 Å². The van der Waals surface area contributed by atoms with Crippen LogP contribution in [0, 0.1) is 0 Å². The second kappa shape index (κ2) is 4.34. The maximum atomic E-state index is 11.3. The number of rotatable bonds is 2. The number of fused-ring (bicyclic) bond motifs is 1. The van der Waals surface area contributed by atoms with Crippen molar-refractivity contribution in [1.82, 2.24) is 5.32 Å². The summed E-state index contributed by atoms with van der Waals surface area (Å²) in [4.78, 5) is 11.3. The fourth-order valence-corrected chi connectivity index (χ4v) is 1.87. The predicted molar refractivity (Wildman–Crippen MR) is 60.9 cm³/mol. The van der Waals surface area contributed by atoms with Gasteiger partial charge in [0.25, 0.3) is 0 Å². The second-order valence-corrected chi connectivity index (χ2v) is 3.86. The van der Waals surface area contributed by atoms with Gasteiger partial charge in [-0.2, -0.15) is 0 Å². The van der Waals surface area contributed by atoms with Crippen LogP contribution in [0.25, 0.3) is 0 Å². The summed E-state index contributed by atoms with van der Waals surface area (Å²) in [6.07, 6.45) is 1.48. The lowest BCUT2D eigenvalue weighted by molar-refractivity contribution is -0.121. The van der Waals surface area contributed by atoms with Crippen LogP contribution in [0.5, 0.6) is 0 Å². The Bertz CT molecular complexity index is 362. The molecule has 0 radical (unpaired) electrons. The van der Waals surface area contributed by atoms with Gasteiger partial charge in [0, 0.05) is 18.7 Å². The molecule has 0 unspecified atom stereocenters. The summed E-state index contributed by atoms with van der Waals surface area (Å²) < 4.78 is 0. The number of benzene rings is 1. The molecular formula is C12H16N2O. The van der Waals surface area contributed by atoms with Gasteiger partial charge < -0.3 is 10.6 Å². The molecule has 0 aromatic heterocycles. The van der Waals surface area contributed by atoms with E-state index in [-0.39, 0.29) is 11.9 Å². The molecule has 0 aliphatic carbocycles. The molecule has 1 aromatic rings. The van der Waals surface area contributed by atoms with E-state index in [1.807, 2.05) is 19.1 Å². The molecule has 80 valence electrons. The monoisotopic (exact) mass is 204 g/mol. The first-order valence-corrected chi connectivity index (χ1v) is 5.40. The van der Waals surface area contributed by atoms with Crippen LogP contribution in [0.4, 0.5) is 5.69 Å². The standard InChI is InChI=1S/C12H16N2O/c1-2-12(15)14-10-7-9-5-3-4-6-11(9)13-8-10/h3-6,10,13H,2,7-8H2,1H3,(H,14,15)/t10-/m0/s1. The van der Waals surface area contributed by atoms with Crippen molar-refractivity contribution < 1.29 is 4.79 Å². The third-order valence-electron chi connectivity index (χ3n) is 2.71. The van der Waals surface area contributed by atoms with Crippen molar-refractivity contribution in [3.8, 4) is 0 Å². The summed E-state index contributed by atoms with van der Waals surface area (Å²) in [6.45, 7) is 2.70. The first-order valence-electron chi connectivity index (χ1n) is 5.40. The fraction of sp³-hybridized carbons (Fsp3) is 0.417. The summed E-state index contributed by atoms with van der Waals surface area (Å²) in [7, 11) is 0. The van der Waals surface area contributed by atoms with Crippen molar-refractivity contribution in [2.24, 2.45) is 0 Å². The number of hydrogen-bond donors (Lipinski definition) is 2. The predicted octanol–water partition coefficient (Wildman–Crippen LogP) is 1.55. The Balaban J connectivity index is 2.02. The smallest absolute Gasteiger partial charge is 0.220 e. The molecule has 2 N–H and O–H groups in total. The van der Waals surface area contributed by atoms with Crippen molar-refractivity contribution in [3.05, 3.63) is 29.8 Å². The van der Waals surface area contributed by atoms with Crippen molar-refractivity contribution >= 4 is 11.6 Å². The Kier molecular flexibility index (Phi) is 2.90. The number of anilines is 1. The van der Waals surface area contributed by atoms with Gasteiger partial charge in [0.05, 0.1) is 6.04 Å². The topological polar surface area (TPSA) is 41.1 Å². The molecule has 1 aromatic carbocycles. The number of nitrogens with one attached hydrogen (secondary N) is 2. The van der Waals surface area contributed by atoms with E-state index in [1.165, 1.54) is 11.3 Å². The number of carbonyl (C=O) groups excluding carboxylic acids is 1. The minimum absolute atomic E-state index is 0.126. The lowest BCUT2D eigenvalue weighted by Gasteiger charge is -2.26. The lowest BCUT2D eigenvalue weighted by Crippen LogP contribution is -2.43. The summed E-state index contributed by atoms with van der Waals surface area (Å²) in [5.74, 6) is 0.126. The van der Waals surface area contributed by atoms with Gasteiger partial charge >= 0.3 is 0 Å². The average molecular weight is 204 g/mol. The van der Waals surface area contributed by atoms with Crippen LogP contribution in [-0.4, -0.2) is 18.5 Å². The molecule has 3 heteroatoms. The van der Waals surface area contributed by atoms with E-state index in [2.05, 4.69) is 22.8 Å². The summed E-state index contributed by atoms with van der Waals surface area (Å²) in [5.41, 5.74) is 2.48. The third-order valence-corrected chi connectivity index (χ3v) is 2.71. The van der Waals surface area contributed by atoms with Crippen LogP contribution in [0.15, 0.2) is 24.3 Å². The maximum absolute atomic E-state index is 11.3. The maximum Gasteiger partial charge on any atom is 0.220 e. The Morgan fingerprint density at radius 3 is 3.13 bits per heavy atom. The van der Waals surface area contributed by atoms with Gasteiger partial charge in [-0.25, -0.2) is 0 Å². The molecule has 1 heterocycles. The Hall–Kier alpha value is -1.51. The second-order valence-electron chi connectivity index (χ2n) is 3.86. The minimum atomic E-state index is 0.126. The van der Waals surface area contributed by atoms with Crippen LogP contribution in [0.3, 0.4) is 0 Å². The number of hydrogen-bond acceptors (Lipinski definition) is 2. The van der Waals surface area contributed by atoms with Gasteiger partial charge in [0.15, 0.2) is 0 Å². The minimum Gasteiger partial charge on any atom is -0.383 e. The number of para-hydroxylation sites is 1. The molecule has 1 aliphatic rings. The summed E-state index contributed by atoms with van der Waals surface area (Å²) in [6, 6.07) is 8.47. The molecule has 1 aliphatic heterocycles. The molecule has 3 nitrogen and oxygen atoms in total. The first kappa shape index (κ1) is 10.0. The summed E-state index contributed by atoms with van der Waals surface area (Å²) >= 11 is 0. The molecule has 1 amide bonds. The highest BCUT2D eigenvalue weighted by Gasteiger charge is 2.18. The van der Waals surface area contributed by atoms with E-state index in [1.54, 1.807) is 0 Å². The molecule has 0 spiro atoms. The number of amides is 1. The van der Waals surface area contributed by atoms with Crippen molar-refractivity contribution in [1.29, 1.82) is 0 Å². The van der Waals surface area contributed by atoms with E-state index < -0.39 is 0 Å². The molecule has 1 atom stereocenters. The highest BCUT2D eigenvalue weighted by molar-refractivity contribution is 5.76. The third kappa shape index (κ3) is 2.29. The van der Waals surface area contributed by atoms with Gasteiger partial charge in [-0.3, -0.25) is 4.79 Å². The lowest BCUT2D eigenvalue weighted by atomic mass is 10.00. The van der Waals surface area contributed by atoms with Gasteiger partial charge in [-0.05, 0) is 18.1 Å². The average Bonchev–Trinajstić information content (AvgIpc) is 2.29. The molecule has 0 fully saturated rings. The van der Waals surface area contributed by atoms with Crippen LogP contribution in [0.2, 0.25) is 0 Å².